The molecule has 1 aromatic heterocycles. The fourth-order valence-electron chi connectivity index (χ4n) is 4.31. The van der Waals surface area contributed by atoms with Crippen LogP contribution in [0.5, 0.6) is 0 Å². The topological polar surface area (TPSA) is 79.3 Å². The minimum atomic E-state index is -0.0543. The third kappa shape index (κ3) is 5.99. The number of aryl methyl sites for hydroxylation is 1. The van der Waals surface area contributed by atoms with Gasteiger partial charge in [0.25, 0.3) is 5.91 Å². The van der Waals surface area contributed by atoms with E-state index in [0.29, 0.717) is 24.6 Å². The molecular formula is C22H31Cl2N5O2. The van der Waals surface area contributed by atoms with Crippen molar-refractivity contribution in [2.24, 2.45) is 5.92 Å². The minimum absolute atomic E-state index is 0. The lowest BCUT2D eigenvalue weighted by Crippen LogP contribution is -2.46. The number of imidazole rings is 1. The summed E-state index contributed by atoms with van der Waals surface area (Å²) in [6.45, 7) is 4.97. The lowest BCUT2D eigenvalue weighted by Gasteiger charge is -2.33. The maximum atomic E-state index is 13.4. The number of piperidine rings is 1. The van der Waals surface area contributed by atoms with Crippen molar-refractivity contribution in [2.45, 2.75) is 38.6 Å². The van der Waals surface area contributed by atoms with Gasteiger partial charge in [0.05, 0.1) is 23.6 Å². The van der Waals surface area contributed by atoms with Gasteiger partial charge >= 0.3 is 0 Å². The first-order chi connectivity index (χ1) is 14.1. The number of hydrogen-bond donors (Lipinski definition) is 2. The van der Waals surface area contributed by atoms with Gasteiger partial charge in [-0.05, 0) is 57.2 Å². The van der Waals surface area contributed by atoms with Gasteiger partial charge in [-0.25, -0.2) is 4.98 Å². The van der Waals surface area contributed by atoms with E-state index in [1.54, 1.807) is 12.5 Å². The lowest BCUT2D eigenvalue weighted by atomic mass is 9.96. The number of nitrogens with zero attached hydrogens (tertiary/aromatic N) is 3. The smallest absolute Gasteiger partial charge is 0.256 e. The third-order valence-corrected chi connectivity index (χ3v) is 5.91. The molecule has 7 nitrogen and oxygen atoms in total. The van der Waals surface area contributed by atoms with Gasteiger partial charge in [0.15, 0.2) is 0 Å². The maximum Gasteiger partial charge on any atom is 0.256 e. The molecule has 170 valence electrons. The van der Waals surface area contributed by atoms with E-state index in [-0.39, 0.29) is 42.7 Å². The molecule has 1 aromatic carbocycles. The molecule has 9 heteroatoms. The van der Waals surface area contributed by atoms with Crippen molar-refractivity contribution >= 4 is 36.6 Å². The Labute approximate surface area is 195 Å². The molecule has 2 aromatic rings. The van der Waals surface area contributed by atoms with Gasteiger partial charge in [0.1, 0.15) is 0 Å². The predicted octanol–water partition coefficient (Wildman–Crippen LogP) is 2.74. The average Bonchev–Trinajstić information content (AvgIpc) is 3.46. The number of halogens is 2. The molecule has 2 aliphatic rings. The lowest BCUT2D eigenvalue weighted by molar-refractivity contribution is -0.123. The fraction of sp³-hybridized carbons (Fsp3) is 0.500. The SMILES string of the molecule is Cc1ccc(-n2ccnc2)c(C(=O)N2CCCC(CNC(=O)C3CCCN3)C2)c1.Cl.Cl. The number of carbonyl (C=O) groups excluding carboxylic acids is 2. The summed E-state index contributed by atoms with van der Waals surface area (Å²) in [6.07, 6.45) is 9.24. The molecule has 3 heterocycles. The first-order valence-corrected chi connectivity index (χ1v) is 10.5. The summed E-state index contributed by atoms with van der Waals surface area (Å²) in [6, 6.07) is 5.88. The molecule has 2 saturated heterocycles. The zero-order chi connectivity index (χ0) is 20.2. The van der Waals surface area contributed by atoms with Gasteiger partial charge in [-0.15, -0.1) is 24.8 Å². The molecule has 2 unspecified atom stereocenters. The van der Waals surface area contributed by atoms with Gasteiger partial charge < -0.3 is 20.1 Å². The van der Waals surface area contributed by atoms with E-state index in [2.05, 4.69) is 15.6 Å². The summed E-state index contributed by atoms with van der Waals surface area (Å²) in [5, 5.41) is 6.32. The van der Waals surface area contributed by atoms with Crippen LogP contribution in [0.4, 0.5) is 0 Å². The Hall–Kier alpha value is -2.09. The molecule has 31 heavy (non-hydrogen) atoms. The first-order valence-electron chi connectivity index (χ1n) is 10.5. The molecule has 2 fully saturated rings. The molecule has 0 spiro atoms. The quantitative estimate of drug-likeness (QED) is 0.708. The second-order valence-corrected chi connectivity index (χ2v) is 8.14. The highest BCUT2D eigenvalue weighted by molar-refractivity contribution is 5.98. The highest BCUT2D eigenvalue weighted by Gasteiger charge is 2.28. The van der Waals surface area contributed by atoms with Crippen LogP contribution in [-0.2, 0) is 4.79 Å². The Bertz CT molecular complexity index is 869. The number of rotatable bonds is 5. The van der Waals surface area contributed by atoms with Crippen molar-refractivity contribution in [1.82, 2.24) is 25.1 Å². The molecule has 4 rings (SSSR count). The highest BCUT2D eigenvalue weighted by atomic mass is 35.5. The number of hydrogen-bond acceptors (Lipinski definition) is 4. The number of likely N-dealkylation sites (tertiary alicyclic amines) is 1. The van der Waals surface area contributed by atoms with Crippen molar-refractivity contribution in [2.75, 3.05) is 26.2 Å². The second kappa shape index (κ2) is 11.5. The van der Waals surface area contributed by atoms with E-state index in [0.717, 1.165) is 50.0 Å². The van der Waals surface area contributed by atoms with Gasteiger partial charge in [-0.1, -0.05) is 11.6 Å². The molecule has 0 saturated carbocycles. The summed E-state index contributed by atoms with van der Waals surface area (Å²) < 4.78 is 1.88. The molecule has 0 radical (unpaired) electrons. The zero-order valence-electron chi connectivity index (χ0n) is 17.8. The molecule has 0 aliphatic carbocycles. The van der Waals surface area contributed by atoms with E-state index >= 15 is 0 Å². The molecule has 2 atom stereocenters. The van der Waals surface area contributed by atoms with Crippen LogP contribution in [0.1, 0.15) is 41.6 Å². The van der Waals surface area contributed by atoms with Crippen molar-refractivity contribution in [1.29, 1.82) is 0 Å². The molecule has 0 bridgehead atoms. The summed E-state index contributed by atoms with van der Waals surface area (Å²) >= 11 is 0. The molecule has 2 N–H and O–H groups in total. The maximum absolute atomic E-state index is 13.4. The number of carbonyl (C=O) groups is 2. The van der Waals surface area contributed by atoms with Crippen molar-refractivity contribution < 1.29 is 9.59 Å². The van der Waals surface area contributed by atoms with Gasteiger partial charge in [-0.3, -0.25) is 9.59 Å². The zero-order valence-corrected chi connectivity index (χ0v) is 19.4. The van der Waals surface area contributed by atoms with E-state index in [1.807, 2.05) is 40.8 Å². The van der Waals surface area contributed by atoms with Crippen LogP contribution in [0, 0.1) is 12.8 Å². The second-order valence-electron chi connectivity index (χ2n) is 8.14. The minimum Gasteiger partial charge on any atom is -0.354 e. The van der Waals surface area contributed by atoms with Crippen LogP contribution in [0.25, 0.3) is 5.69 Å². The monoisotopic (exact) mass is 467 g/mol. The van der Waals surface area contributed by atoms with Gasteiger partial charge in [0, 0.05) is 32.0 Å². The van der Waals surface area contributed by atoms with E-state index < -0.39 is 0 Å². The van der Waals surface area contributed by atoms with Crippen LogP contribution < -0.4 is 10.6 Å². The normalized spacial score (nSPS) is 20.5. The summed E-state index contributed by atoms with van der Waals surface area (Å²) in [7, 11) is 0. The standard InChI is InChI=1S/C22H29N5O2.2ClH/c1-16-6-7-20(27-11-9-23-15-27)18(12-16)22(29)26-10-3-4-17(14-26)13-25-21(28)19-5-2-8-24-19;;/h6-7,9,11-12,15,17,19,24H,2-5,8,10,13-14H2,1H3,(H,25,28);2*1H. The van der Waals surface area contributed by atoms with Crippen LogP contribution in [0.2, 0.25) is 0 Å². The Morgan fingerprint density at radius 1 is 1.23 bits per heavy atom. The average molecular weight is 468 g/mol. The Morgan fingerprint density at radius 2 is 2.06 bits per heavy atom. The molecule has 2 aliphatic heterocycles. The van der Waals surface area contributed by atoms with Crippen molar-refractivity contribution in [3.05, 3.63) is 48.0 Å². The van der Waals surface area contributed by atoms with Crippen LogP contribution in [0.15, 0.2) is 36.9 Å². The van der Waals surface area contributed by atoms with Gasteiger partial charge in [0.2, 0.25) is 5.91 Å². The Morgan fingerprint density at radius 3 is 2.77 bits per heavy atom. The van der Waals surface area contributed by atoms with E-state index in [4.69, 9.17) is 0 Å². The van der Waals surface area contributed by atoms with E-state index in [1.165, 1.54) is 0 Å². The molecule has 2 amide bonds. The summed E-state index contributed by atoms with van der Waals surface area (Å²) in [5.74, 6) is 0.428. The Balaban J connectivity index is 0.00000171. The summed E-state index contributed by atoms with van der Waals surface area (Å²) in [5.41, 5.74) is 2.60. The number of nitrogens with one attached hydrogen (secondary N) is 2. The van der Waals surface area contributed by atoms with Gasteiger partial charge in [-0.2, -0.15) is 0 Å². The van der Waals surface area contributed by atoms with E-state index in [9.17, 15) is 9.59 Å². The number of amides is 2. The van der Waals surface area contributed by atoms with Crippen LogP contribution >= 0.6 is 24.8 Å². The Kier molecular flexibility index (Phi) is 9.34. The largest absolute Gasteiger partial charge is 0.354 e. The first kappa shape index (κ1) is 25.2. The van der Waals surface area contributed by atoms with Crippen LogP contribution in [0.3, 0.4) is 0 Å². The number of benzene rings is 1. The fourth-order valence-corrected chi connectivity index (χ4v) is 4.31. The highest BCUT2D eigenvalue weighted by Crippen LogP contribution is 2.23. The third-order valence-electron chi connectivity index (χ3n) is 5.91. The van der Waals surface area contributed by atoms with Crippen LogP contribution in [-0.4, -0.2) is 58.5 Å². The molecular weight excluding hydrogens is 437 g/mol. The number of aromatic nitrogens is 2. The summed E-state index contributed by atoms with van der Waals surface area (Å²) in [4.78, 5) is 31.7. The predicted molar refractivity (Wildman–Crippen MR) is 125 cm³/mol. The van der Waals surface area contributed by atoms with Crippen molar-refractivity contribution in [3.63, 3.8) is 0 Å². The van der Waals surface area contributed by atoms with Crippen molar-refractivity contribution in [3.8, 4) is 5.69 Å².